The highest BCUT2D eigenvalue weighted by Gasteiger charge is 2.14. The van der Waals surface area contributed by atoms with Crippen LogP contribution in [0.25, 0.3) is 0 Å². The summed E-state index contributed by atoms with van der Waals surface area (Å²) in [5.74, 6) is 1.25. The molecule has 0 aliphatic heterocycles. The van der Waals surface area contributed by atoms with Gasteiger partial charge in [-0.15, -0.1) is 0 Å². The van der Waals surface area contributed by atoms with Crippen LogP contribution in [0.3, 0.4) is 0 Å². The normalized spacial score (nSPS) is 9.53. The van der Waals surface area contributed by atoms with Gasteiger partial charge in [-0.1, -0.05) is 0 Å². The topological polar surface area (TPSA) is 44.8 Å². The molecule has 0 aromatic heterocycles. The van der Waals surface area contributed by atoms with Crippen molar-refractivity contribution in [3.8, 4) is 17.2 Å². The molecule has 5 heteroatoms. The second-order valence-corrected chi connectivity index (χ2v) is 2.78. The van der Waals surface area contributed by atoms with Crippen LogP contribution >= 0.6 is 0 Å². The Kier molecular flexibility index (Phi) is 3.60. The van der Waals surface area contributed by atoms with Crippen LogP contribution in [0.4, 0.5) is 0 Å². The van der Waals surface area contributed by atoms with Crippen LogP contribution in [-0.4, -0.2) is 34.9 Å². The molecular weight excluding hydrogens is 195 g/mol. The average molecular weight is 206 g/mol. The third-order valence-corrected chi connectivity index (χ3v) is 1.95. The van der Waals surface area contributed by atoms with E-state index in [1.807, 2.05) is 0 Å². The molecule has 0 heterocycles. The Hall–Kier alpha value is -1.65. The number of methoxy groups -OCH3 is 3. The minimum Gasteiger partial charge on any atom is -0.493 e. The SMILES string of the molecule is [B]C(=O)c1cc(OC)c(OC)c(OC)c1. The number of benzene rings is 1. The molecule has 2 radical (unpaired) electrons. The van der Waals surface area contributed by atoms with Crippen LogP contribution in [0, 0.1) is 0 Å². The first-order valence-corrected chi connectivity index (χ1v) is 4.23. The first-order chi connectivity index (χ1) is 7.13. The Balaban J connectivity index is 3.35. The third kappa shape index (κ3) is 2.23. The van der Waals surface area contributed by atoms with Crippen molar-refractivity contribution in [2.75, 3.05) is 21.3 Å². The molecule has 0 fully saturated rings. The van der Waals surface area contributed by atoms with Gasteiger partial charge in [0.15, 0.2) is 19.3 Å². The van der Waals surface area contributed by atoms with Gasteiger partial charge in [0.05, 0.1) is 21.3 Å². The van der Waals surface area contributed by atoms with E-state index in [4.69, 9.17) is 22.1 Å². The Labute approximate surface area is 89.5 Å². The first kappa shape index (κ1) is 11.4. The van der Waals surface area contributed by atoms with E-state index in [0.29, 0.717) is 22.8 Å². The Bertz CT molecular complexity index is 351. The maximum absolute atomic E-state index is 11.0. The molecule has 0 atom stereocenters. The lowest BCUT2D eigenvalue weighted by atomic mass is 9.94. The summed E-state index contributed by atoms with van der Waals surface area (Å²) in [5.41, 5.74) is -0.237. The van der Waals surface area contributed by atoms with E-state index in [9.17, 15) is 4.79 Å². The van der Waals surface area contributed by atoms with Gasteiger partial charge in [-0.2, -0.15) is 0 Å². The summed E-state index contributed by atoms with van der Waals surface area (Å²) in [6.45, 7) is 0. The van der Waals surface area contributed by atoms with Gasteiger partial charge in [0.1, 0.15) is 5.68 Å². The number of hydrogen-bond donors (Lipinski definition) is 0. The van der Waals surface area contributed by atoms with Crippen LogP contribution in [0.2, 0.25) is 0 Å². The van der Waals surface area contributed by atoms with Gasteiger partial charge >= 0.3 is 0 Å². The lowest BCUT2D eigenvalue weighted by Gasteiger charge is -2.13. The van der Waals surface area contributed by atoms with Crippen molar-refractivity contribution in [2.45, 2.75) is 0 Å². The van der Waals surface area contributed by atoms with E-state index in [-0.39, 0.29) is 0 Å². The van der Waals surface area contributed by atoms with Gasteiger partial charge in [-0.25, -0.2) is 0 Å². The average Bonchev–Trinajstić information content (AvgIpc) is 2.26. The summed E-state index contributed by atoms with van der Waals surface area (Å²) in [6, 6.07) is 3.01. The van der Waals surface area contributed by atoms with Crippen molar-refractivity contribution in [1.29, 1.82) is 0 Å². The summed E-state index contributed by atoms with van der Waals surface area (Å²) < 4.78 is 15.2. The Morgan fingerprint density at radius 1 is 1.07 bits per heavy atom. The van der Waals surface area contributed by atoms with Gasteiger partial charge in [-0.3, -0.25) is 0 Å². The molecule has 1 aromatic carbocycles. The standard InChI is InChI=1S/C10H11BO4/c1-13-7-4-6(10(11)12)5-8(14-2)9(7)15-3/h4-5H,1-3H3. The van der Waals surface area contributed by atoms with Crippen molar-refractivity contribution in [3.63, 3.8) is 0 Å². The summed E-state index contributed by atoms with van der Waals surface area (Å²) in [4.78, 5) is 11.0. The van der Waals surface area contributed by atoms with E-state index in [1.165, 1.54) is 33.5 Å². The summed E-state index contributed by atoms with van der Waals surface area (Å²) in [7, 11) is 9.60. The fraction of sp³-hybridized carbons (Fsp3) is 0.300. The smallest absolute Gasteiger partial charge is 0.203 e. The number of hydrogen-bond acceptors (Lipinski definition) is 4. The number of ether oxygens (including phenoxy) is 3. The van der Waals surface area contributed by atoms with Gasteiger partial charge in [0, 0.05) is 5.56 Å². The van der Waals surface area contributed by atoms with Gasteiger partial charge in [0.25, 0.3) is 0 Å². The third-order valence-electron chi connectivity index (χ3n) is 1.95. The molecule has 1 rings (SSSR count). The molecule has 0 N–H and O–H groups in total. The molecular formula is C10H11BO4. The zero-order valence-corrected chi connectivity index (χ0v) is 8.87. The largest absolute Gasteiger partial charge is 0.493 e. The lowest BCUT2D eigenvalue weighted by molar-refractivity contribution is 0.108. The van der Waals surface area contributed by atoms with Crippen LogP contribution in [-0.2, 0) is 0 Å². The molecule has 0 saturated carbocycles. The highest BCUT2D eigenvalue weighted by Crippen LogP contribution is 2.38. The van der Waals surface area contributed by atoms with Gasteiger partial charge in [-0.05, 0) is 12.1 Å². The van der Waals surface area contributed by atoms with E-state index in [0.717, 1.165) is 0 Å². The highest BCUT2D eigenvalue weighted by atomic mass is 16.5. The minimum atomic E-state index is -0.547. The molecule has 78 valence electrons. The van der Waals surface area contributed by atoms with E-state index in [1.54, 1.807) is 0 Å². The molecule has 4 nitrogen and oxygen atoms in total. The first-order valence-electron chi connectivity index (χ1n) is 4.23. The van der Waals surface area contributed by atoms with Crippen molar-refractivity contribution >= 4 is 13.5 Å². The molecule has 0 bridgehead atoms. The number of rotatable bonds is 4. The van der Waals surface area contributed by atoms with Crippen LogP contribution in [0.5, 0.6) is 17.2 Å². The quantitative estimate of drug-likeness (QED) is 0.690. The summed E-state index contributed by atoms with van der Waals surface area (Å²) >= 11 is 0. The summed E-state index contributed by atoms with van der Waals surface area (Å²) in [5, 5.41) is 0. The second kappa shape index (κ2) is 4.73. The van der Waals surface area contributed by atoms with Crippen molar-refractivity contribution in [2.24, 2.45) is 0 Å². The molecule has 0 amide bonds. The molecule has 0 unspecified atom stereocenters. The van der Waals surface area contributed by atoms with Crippen LogP contribution in [0.1, 0.15) is 10.4 Å². The van der Waals surface area contributed by atoms with Crippen LogP contribution < -0.4 is 14.2 Å². The Morgan fingerprint density at radius 3 is 1.80 bits per heavy atom. The van der Waals surface area contributed by atoms with E-state index >= 15 is 0 Å². The summed E-state index contributed by atoms with van der Waals surface area (Å²) in [6.07, 6.45) is 0. The van der Waals surface area contributed by atoms with Crippen molar-refractivity contribution < 1.29 is 19.0 Å². The van der Waals surface area contributed by atoms with Gasteiger partial charge in [0.2, 0.25) is 5.75 Å². The molecule has 0 saturated heterocycles. The molecule has 1 aromatic rings. The molecule has 0 spiro atoms. The maximum atomic E-state index is 11.0. The van der Waals surface area contributed by atoms with Crippen LogP contribution in [0.15, 0.2) is 12.1 Å². The fourth-order valence-corrected chi connectivity index (χ4v) is 1.22. The fourth-order valence-electron chi connectivity index (χ4n) is 1.22. The van der Waals surface area contributed by atoms with E-state index in [2.05, 4.69) is 0 Å². The van der Waals surface area contributed by atoms with Crippen molar-refractivity contribution in [1.82, 2.24) is 0 Å². The minimum absolute atomic E-state index is 0.310. The highest BCUT2D eigenvalue weighted by molar-refractivity contribution is 6.62. The molecule has 15 heavy (non-hydrogen) atoms. The number of carbonyl (C=O) groups excluding carboxylic acids is 1. The zero-order valence-electron chi connectivity index (χ0n) is 8.87. The van der Waals surface area contributed by atoms with E-state index < -0.39 is 5.68 Å². The number of carbonyl (C=O) groups is 1. The van der Waals surface area contributed by atoms with Crippen molar-refractivity contribution in [3.05, 3.63) is 17.7 Å². The monoisotopic (exact) mass is 206 g/mol. The molecule has 0 aliphatic rings. The zero-order chi connectivity index (χ0) is 11.4. The maximum Gasteiger partial charge on any atom is 0.203 e. The second-order valence-electron chi connectivity index (χ2n) is 2.78. The Morgan fingerprint density at radius 2 is 1.53 bits per heavy atom. The lowest BCUT2D eigenvalue weighted by Crippen LogP contribution is -2.01. The predicted octanol–water partition coefficient (Wildman–Crippen LogP) is 1.02. The molecule has 0 aliphatic carbocycles. The predicted molar refractivity (Wildman–Crippen MR) is 56.2 cm³/mol. The van der Waals surface area contributed by atoms with Gasteiger partial charge < -0.3 is 19.0 Å².